The molecule has 1 saturated heterocycles. The van der Waals surface area contributed by atoms with Crippen molar-refractivity contribution < 1.29 is 9.47 Å². The van der Waals surface area contributed by atoms with Crippen LogP contribution in [0.5, 0.6) is 0 Å². The van der Waals surface area contributed by atoms with E-state index in [0.717, 1.165) is 12.0 Å². The monoisotopic (exact) mass is 403 g/mol. The molecule has 0 bridgehead atoms. The van der Waals surface area contributed by atoms with Crippen LogP contribution in [0.25, 0.3) is 0 Å². The second-order valence-corrected chi connectivity index (χ2v) is 7.55. The minimum absolute atomic E-state index is 0.0945. The van der Waals surface area contributed by atoms with Crippen LogP contribution in [0.4, 0.5) is 0 Å². The summed E-state index contributed by atoms with van der Waals surface area (Å²) in [6.45, 7) is 2.88. The summed E-state index contributed by atoms with van der Waals surface area (Å²) in [5.74, 6) is -1.04. The molecule has 0 radical (unpaired) electrons. The Bertz CT molecular complexity index is 915. The third kappa shape index (κ3) is 4.01. The van der Waals surface area contributed by atoms with E-state index in [1.165, 1.54) is 17.5 Å². The van der Waals surface area contributed by atoms with E-state index in [1.54, 1.807) is 23.1 Å². The molecule has 1 aromatic heterocycles. The number of benzene rings is 2. The number of rotatable bonds is 5. The maximum Gasteiger partial charge on any atom is 0.217 e. The Balaban J connectivity index is 1.62. The van der Waals surface area contributed by atoms with Crippen molar-refractivity contribution in [2.45, 2.75) is 31.8 Å². The average Bonchev–Trinajstić information content (AvgIpc) is 3.28. The van der Waals surface area contributed by atoms with Crippen molar-refractivity contribution in [1.29, 1.82) is 0 Å². The van der Waals surface area contributed by atoms with E-state index >= 15 is 0 Å². The standard InChI is InChI=1S/C20H19Cl2N3O2/c1-14-2-4-15(5-3-14)8-17-10-26-20(27-17,11-25-13-23-12-24-25)18-7-6-16(21)9-19(18)22/h2-7,9,12-13,17H,8,10-11H2,1H3. The molecule has 2 atom stereocenters. The lowest BCUT2D eigenvalue weighted by Gasteiger charge is -2.29. The normalized spacial score (nSPS) is 22.3. The summed E-state index contributed by atoms with van der Waals surface area (Å²) in [5.41, 5.74) is 3.17. The Morgan fingerprint density at radius 3 is 2.70 bits per heavy atom. The summed E-state index contributed by atoms with van der Waals surface area (Å²) < 4.78 is 14.3. The van der Waals surface area contributed by atoms with Crippen LogP contribution in [0, 0.1) is 6.92 Å². The van der Waals surface area contributed by atoms with Gasteiger partial charge in [0.05, 0.1) is 17.7 Å². The highest BCUT2D eigenvalue weighted by Gasteiger charge is 2.45. The van der Waals surface area contributed by atoms with Crippen LogP contribution in [0.2, 0.25) is 10.0 Å². The largest absolute Gasteiger partial charge is 0.342 e. The van der Waals surface area contributed by atoms with Crippen molar-refractivity contribution in [1.82, 2.24) is 14.8 Å². The van der Waals surface area contributed by atoms with Gasteiger partial charge in [-0.05, 0) is 24.6 Å². The molecule has 3 aromatic rings. The lowest BCUT2D eigenvalue weighted by molar-refractivity contribution is -0.188. The average molecular weight is 404 g/mol. The first kappa shape index (κ1) is 18.4. The van der Waals surface area contributed by atoms with Crippen LogP contribution in [-0.4, -0.2) is 27.5 Å². The van der Waals surface area contributed by atoms with E-state index in [2.05, 4.69) is 41.3 Å². The lowest BCUT2D eigenvalue weighted by atomic mass is 10.0. The Hall–Kier alpha value is -1.92. The molecule has 0 N–H and O–H groups in total. The topological polar surface area (TPSA) is 49.2 Å². The Labute approximate surface area is 167 Å². The third-order valence-electron chi connectivity index (χ3n) is 4.62. The predicted molar refractivity (Wildman–Crippen MR) is 104 cm³/mol. The van der Waals surface area contributed by atoms with Crippen LogP contribution in [0.15, 0.2) is 55.1 Å². The molecule has 2 aromatic carbocycles. The summed E-state index contributed by atoms with van der Waals surface area (Å²) in [7, 11) is 0. The first-order chi connectivity index (χ1) is 13.0. The second-order valence-electron chi connectivity index (χ2n) is 6.71. The number of ether oxygens (including phenoxy) is 2. The first-order valence-corrected chi connectivity index (χ1v) is 9.45. The van der Waals surface area contributed by atoms with Gasteiger partial charge in [0, 0.05) is 17.0 Å². The van der Waals surface area contributed by atoms with Crippen molar-refractivity contribution in [3.8, 4) is 0 Å². The highest BCUT2D eigenvalue weighted by molar-refractivity contribution is 6.35. The fourth-order valence-electron chi connectivity index (χ4n) is 3.29. The maximum atomic E-state index is 6.47. The number of nitrogens with zero attached hydrogens (tertiary/aromatic N) is 3. The second kappa shape index (κ2) is 7.60. The predicted octanol–water partition coefficient (Wildman–Crippen LogP) is 4.40. The highest BCUT2D eigenvalue weighted by atomic mass is 35.5. The van der Waals surface area contributed by atoms with Gasteiger partial charge in [0.2, 0.25) is 5.79 Å². The van der Waals surface area contributed by atoms with Gasteiger partial charge >= 0.3 is 0 Å². The summed E-state index contributed by atoms with van der Waals surface area (Å²) >= 11 is 12.5. The summed E-state index contributed by atoms with van der Waals surface area (Å²) in [6.07, 6.45) is 3.77. The Morgan fingerprint density at radius 1 is 1.19 bits per heavy atom. The summed E-state index contributed by atoms with van der Waals surface area (Å²) in [5, 5.41) is 5.26. The zero-order valence-electron chi connectivity index (χ0n) is 14.8. The number of hydrogen-bond donors (Lipinski definition) is 0. The van der Waals surface area contributed by atoms with Gasteiger partial charge < -0.3 is 9.47 Å². The molecular weight excluding hydrogens is 385 g/mol. The zero-order chi connectivity index (χ0) is 18.9. The van der Waals surface area contributed by atoms with Crippen LogP contribution >= 0.6 is 23.2 Å². The maximum absolute atomic E-state index is 6.47. The number of aromatic nitrogens is 3. The van der Waals surface area contributed by atoms with E-state index < -0.39 is 5.79 Å². The minimum atomic E-state index is -1.04. The van der Waals surface area contributed by atoms with Crippen LogP contribution in [0.3, 0.4) is 0 Å². The van der Waals surface area contributed by atoms with Crippen molar-refractivity contribution >= 4 is 23.2 Å². The number of aryl methyl sites for hydroxylation is 1. The summed E-state index contributed by atoms with van der Waals surface area (Å²) in [6, 6.07) is 13.8. The quantitative estimate of drug-likeness (QED) is 0.633. The van der Waals surface area contributed by atoms with Crippen molar-refractivity contribution in [3.63, 3.8) is 0 Å². The van der Waals surface area contributed by atoms with Gasteiger partial charge in [-0.3, -0.25) is 0 Å². The molecule has 2 unspecified atom stereocenters. The zero-order valence-corrected chi connectivity index (χ0v) is 16.3. The van der Waals surface area contributed by atoms with Gasteiger partial charge in [-0.25, -0.2) is 9.67 Å². The molecule has 140 valence electrons. The fraction of sp³-hybridized carbons (Fsp3) is 0.300. The van der Waals surface area contributed by atoms with Gasteiger partial charge in [-0.1, -0.05) is 59.1 Å². The molecule has 7 heteroatoms. The van der Waals surface area contributed by atoms with E-state index in [9.17, 15) is 0 Å². The van der Waals surface area contributed by atoms with Crippen LogP contribution < -0.4 is 0 Å². The van der Waals surface area contributed by atoms with E-state index in [4.69, 9.17) is 32.7 Å². The Morgan fingerprint density at radius 2 is 2.00 bits per heavy atom. The van der Waals surface area contributed by atoms with Crippen LogP contribution in [0.1, 0.15) is 16.7 Å². The molecular formula is C20H19Cl2N3O2. The van der Waals surface area contributed by atoms with Crippen LogP contribution in [-0.2, 0) is 28.2 Å². The van der Waals surface area contributed by atoms with Gasteiger partial charge in [-0.2, -0.15) is 5.10 Å². The number of hydrogen-bond acceptors (Lipinski definition) is 4. The molecule has 0 spiro atoms. The fourth-order valence-corrected chi connectivity index (χ4v) is 3.84. The SMILES string of the molecule is Cc1ccc(CC2COC(Cn3cncn3)(c3ccc(Cl)cc3Cl)O2)cc1. The minimum Gasteiger partial charge on any atom is -0.342 e. The molecule has 0 amide bonds. The molecule has 1 aliphatic heterocycles. The molecule has 0 saturated carbocycles. The highest BCUT2D eigenvalue weighted by Crippen LogP contribution is 2.40. The molecule has 2 heterocycles. The van der Waals surface area contributed by atoms with Gasteiger partial charge in [0.15, 0.2) is 0 Å². The van der Waals surface area contributed by atoms with Gasteiger partial charge in [-0.15, -0.1) is 0 Å². The van der Waals surface area contributed by atoms with E-state index in [-0.39, 0.29) is 6.10 Å². The molecule has 4 rings (SSSR count). The molecule has 1 aliphatic rings. The van der Waals surface area contributed by atoms with E-state index in [0.29, 0.717) is 23.2 Å². The van der Waals surface area contributed by atoms with Gasteiger partial charge in [0.1, 0.15) is 19.2 Å². The molecule has 5 nitrogen and oxygen atoms in total. The van der Waals surface area contributed by atoms with Gasteiger partial charge in [0.25, 0.3) is 0 Å². The summed E-state index contributed by atoms with van der Waals surface area (Å²) in [4.78, 5) is 4.01. The smallest absolute Gasteiger partial charge is 0.217 e. The molecule has 0 aliphatic carbocycles. The first-order valence-electron chi connectivity index (χ1n) is 8.69. The lowest BCUT2D eigenvalue weighted by Crippen LogP contribution is -2.34. The van der Waals surface area contributed by atoms with Crippen molar-refractivity contribution in [2.75, 3.05) is 6.61 Å². The molecule has 1 fully saturated rings. The molecule has 27 heavy (non-hydrogen) atoms. The van der Waals surface area contributed by atoms with Crippen molar-refractivity contribution in [2.24, 2.45) is 0 Å². The Kier molecular flexibility index (Phi) is 5.19. The van der Waals surface area contributed by atoms with Crippen molar-refractivity contribution in [3.05, 3.63) is 81.9 Å². The third-order valence-corrected chi connectivity index (χ3v) is 5.17. The van der Waals surface area contributed by atoms with E-state index in [1.807, 2.05) is 6.07 Å². The number of halogens is 2.